The summed E-state index contributed by atoms with van der Waals surface area (Å²) in [6, 6.07) is 16.8. The molecule has 6 nitrogen and oxygen atoms in total. The zero-order chi connectivity index (χ0) is 20.6. The van der Waals surface area contributed by atoms with E-state index in [2.05, 4.69) is 5.10 Å². The first kappa shape index (κ1) is 20.1. The van der Waals surface area contributed by atoms with Gasteiger partial charge in [-0.15, -0.1) is 0 Å². The Bertz CT molecular complexity index is 990. The average molecular weight is 389 g/mol. The predicted octanol–water partition coefficient (Wildman–Crippen LogP) is 3.29. The first-order valence-electron chi connectivity index (χ1n) is 9.23. The van der Waals surface area contributed by atoms with Crippen LogP contribution in [0.1, 0.15) is 21.5 Å². The lowest BCUT2D eigenvalue weighted by atomic mass is 10.1. The van der Waals surface area contributed by atoms with E-state index in [1.54, 1.807) is 50.6 Å². The molecule has 6 heteroatoms. The summed E-state index contributed by atoms with van der Waals surface area (Å²) in [6.45, 7) is 0.646. The SMILES string of the molecule is CN(C)C(=O)COc1ccc(C(=O)/C=C/c2cnn(Cc3ccccc3)c2)cc1. The molecule has 0 fully saturated rings. The zero-order valence-corrected chi connectivity index (χ0v) is 16.5. The van der Waals surface area contributed by atoms with E-state index in [-0.39, 0.29) is 18.3 Å². The molecule has 0 aliphatic rings. The second-order valence-electron chi connectivity index (χ2n) is 6.76. The number of amides is 1. The lowest BCUT2D eigenvalue weighted by Gasteiger charge is -2.11. The molecule has 3 rings (SSSR count). The third-order valence-corrected chi connectivity index (χ3v) is 4.27. The standard InChI is InChI=1S/C23H23N3O3/c1-25(2)23(28)17-29-21-11-9-20(10-12-21)22(27)13-8-19-14-24-26(16-19)15-18-6-4-3-5-7-18/h3-14,16H,15,17H2,1-2H3/b13-8+. The van der Waals surface area contributed by atoms with E-state index in [0.717, 1.165) is 11.1 Å². The summed E-state index contributed by atoms with van der Waals surface area (Å²) < 4.78 is 7.25. The Kier molecular flexibility index (Phi) is 6.58. The summed E-state index contributed by atoms with van der Waals surface area (Å²) in [5.41, 5.74) is 2.57. The smallest absolute Gasteiger partial charge is 0.259 e. The summed E-state index contributed by atoms with van der Waals surface area (Å²) in [5.74, 6) is 0.306. The van der Waals surface area contributed by atoms with Gasteiger partial charge in [0.2, 0.25) is 0 Å². The van der Waals surface area contributed by atoms with Crippen LogP contribution in [0.4, 0.5) is 0 Å². The van der Waals surface area contributed by atoms with E-state index in [0.29, 0.717) is 17.9 Å². The van der Waals surface area contributed by atoms with E-state index in [1.807, 2.05) is 41.2 Å². The van der Waals surface area contributed by atoms with E-state index in [1.165, 1.54) is 11.0 Å². The number of benzene rings is 2. The highest BCUT2D eigenvalue weighted by atomic mass is 16.5. The molecule has 0 radical (unpaired) electrons. The number of ether oxygens (including phenoxy) is 1. The first-order chi connectivity index (χ1) is 14.0. The molecule has 0 aliphatic carbocycles. The Morgan fingerprint density at radius 2 is 1.79 bits per heavy atom. The molecule has 3 aromatic rings. The molecule has 0 bridgehead atoms. The summed E-state index contributed by atoms with van der Waals surface area (Å²) in [5, 5.41) is 4.33. The van der Waals surface area contributed by atoms with Crippen LogP contribution in [0.3, 0.4) is 0 Å². The van der Waals surface area contributed by atoms with Gasteiger partial charge in [0.1, 0.15) is 5.75 Å². The van der Waals surface area contributed by atoms with Crippen molar-refractivity contribution in [3.63, 3.8) is 0 Å². The highest BCUT2D eigenvalue weighted by molar-refractivity contribution is 6.06. The van der Waals surface area contributed by atoms with Crippen LogP contribution in [0.2, 0.25) is 0 Å². The van der Waals surface area contributed by atoms with Crippen LogP contribution in [-0.2, 0) is 11.3 Å². The Hall–Kier alpha value is -3.67. The molecule has 0 saturated carbocycles. The lowest BCUT2D eigenvalue weighted by Crippen LogP contribution is -2.27. The predicted molar refractivity (Wildman–Crippen MR) is 112 cm³/mol. The van der Waals surface area contributed by atoms with Crippen LogP contribution in [0.15, 0.2) is 73.1 Å². The summed E-state index contributed by atoms with van der Waals surface area (Å²) >= 11 is 0. The van der Waals surface area contributed by atoms with Gasteiger partial charge in [0, 0.05) is 31.4 Å². The van der Waals surface area contributed by atoms with Gasteiger partial charge in [0.25, 0.3) is 5.91 Å². The normalized spacial score (nSPS) is 10.8. The molecular weight excluding hydrogens is 366 g/mol. The average Bonchev–Trinajstić information content (AvgIpc) is 3.18. The van der Waals surface area contributed by atoms with Gasteiger partial charge in [-0.1, -0.05) is 30.3 Å². The number of allylic oxidation sites excluding steroid dienone is 1. The zero-order valence-electron chi connectivity index (χ0n) is 16.5. The molecule has 1 amide bonds. The summed E-state index contributed by atoms with van der Waals surface area (Å²) in [6.07, 6.45) is 6.90. The largest absolute Gasteiger partial charge is 0.484 e. The van der Waals surface area contributed by atoms with Gasteiger partial charge in [-0.3, -0.25) is 14.3 Å². The number of nitrogens with zero attached hydrogens (tertiary/aromatic N) is 3. The van der Waals surface area contributed by atoms with Gasteiger partial charge in [-0.2, -0.15) is 5.10 Å². The number of ketones is 1. The number of aromatic nitrogens is 2. The minimum atomic E-state index is -0.124. The summed E-state index contributed by atoms with van der Waals surface area (Å²) in [7, 11) is 3.34. The highest BCUT2D eigenvalue weighted by Crippen LogP contribution is 2.14. The van der Waals surface area contributed by atoms with Crippen molar-refractivity contribution >= 4 is 17.8 Å². The van der Waals surface area contributed by atoms with Crippen molar-refractivity contribution in [2.75, 3.05) is 20.7 Å². The number of hydrogen-bond donors (Lipinski definition) is 0. The van der Waals surface area contributed by atoms with Crippen LogP contribution in [0.5, 0.6) is 5.75 Å². The maximum Gasteiger partial charge on any atom is 0.259 e. The van der Waals surface area contributed by atoms with Gasteiger partial charge < -0.3 is 9.64 Å². The molecule has 0 saturated heterocycles. The van der Waals surface area contributed by atoms with Crippen LogP contribution in [0.25, 0.3) is 6.08 Å². The molecule has 29 heavy (non-hydrogen) atoms. The minimum absolute atomic E-state index is 0.0346. The van der Waals surface area contributed by atoms with Gasteiger partial charge in [0.05, 0.1) is 12.7 Å². The number of carbonyl (C=O) groups is 2. The number of rotatable bonds is 8. The van der Waals surface area contributed by atoms with Crippen LogP contribution in [0, 0.1) is 0 Å². The maximum absolute atomic E-state index is 12.4. The molecular formula is C23H23N3O3. The monoisotopic (exact) mass is 389 g/mol. The molecule has 2 aromatic carbocycles. The molecule has 0 spiro atoms. The maximum atomic E-state index is 12.4. The Morgan fingerprint density at radius 3 is 2.48 bits per heavy atom. The van der Waals surface area contributed by atoms with Crippen LogP contribution < -0.4 is 4.74 Å². The number of hydrogen-bond acceptors (Lipinski definition) is 4. The third-order valence-electron chi connectivity index (χ3n) is 4.27. The van der Waals surface area contributed by atoms with E-state index >= 15 is 0 Å². The van der Waals surface area contributed by atoms with Gasteiger partial charge in [-0.25, -0.2) is 0 Å². The third kappa shape index (κ3) is 5.90. The Balaban J connectivity index is 1.56. The molecule has 148 valence electrons. The molecule has 0 atom stereocenters. The van der Waals surface area contributed by atoms with E-state index in [9.17, 15) is 9.59 Å². The molecule has 0 unspecified atom stereocenters. The second-order valence-corrected chi connectivity index (χ2v) is 6.76. The number of likely N-dealkylation sites (N-methyl/N-ethyl adjacent to an activating group) is 1. The molecule has 1 aromatic heterocycles. The van der Waals surface area contributed by atoms with Crippen molar-refractivity contribution in [1.29, 1.82) is 0 Å². The molecule has 0 N–H and O–H groups in total. The first-order valence-corrected chi connectivity index (χ1v) is 9.23. The Morgan fingerprint density at radius 1 is 1.07 bits per heavy atom. The fraction of sp³-hybridized carbons (Fsp3) is 0.174. The molecule has 1 heterocycles. The quantitative estimate of drug-likeness (QED) is 0.438. The molecule has 0 aliphatic heterocycles. The van der Waals surface area contributed by atoms with E-state index < -0.39 is 0 Å². The van der Waals surface area contributed by atoms with Crippen molar-refractivity contribution in [2.45, 2.75) is 6.54 Å². The lowest BCUT2D eigenvalue weighted by molar-refractivity contribution is -0.130. The van der Waals surface area contributed by atoms with Crippen molar-refractivity contribution in [2.24, 2.45) is 0 Å². The van der Waals surface area contributed by atoms with Crippen molar-refractivity contribution in [1.82, 2.24) is 14.7 Å². The van der Waals surface area contributed by atoms with Crippen molar-refractivity contribution in [3.8, 4) is 5.75 Å². The van der Waals surface area contributed by atoms with Crippen LogP contribution in [-0.4, -0.2) is 47.1 Å². The van der Waals surface area contributed by atoms with Gasteiger partial charge in [0.15, 0.2) is 12.4 Å². The van der Waals surface area contributed by atoms with Crippen molar-refractivity contribution in [3.05, 3.63) is 89.8 Å². The minimum Gasteiger partial charge on any atom is -0.484 e. The second kappa shape index (κ2) is 9.50. The van der Waals surface area contributed by atoms with Crippen LogP contribution >= 0.6 is 0 Å². The number of carbonyl (C=O) groups excluding carboxylic acids is 2. The fourth-order valence-electron chi connectivity index (χ4n) is 2.58. The van der Waals surface area contributed by atoms with Crippen molar-refractivity contribution < 1.29 is 14.3 Å². The topological polar surface area (TPSA) is 64.4 Å². The van der Waals surface area contributed by atoms with Gasteiger partial charge in [-0.05, 0) is 42.0 Å². The fourth-order valence-corrected chi connectivity index (χ4v) is 2.58. The van der Waals surface area contributed by atoms with Gasteiger partial charge >= 0.3 is 0 Å². The highest BCUT2D eigenvalue weighted by Gasteiger charge is 2.06. The summed E-state index contributed by atoms with van der Waals surface area (Å²) in [4.78, 5) is 25.4. The van der Waals surface area contributed by atoms with E-state index in [4.69, 9.17) is 4.74 Å². The Labute approximate surface area is 170 Å².